The molecule has 2 fully saturated rings. The second kappa shape index (κ2) is 3.61. The molecule has 0 aromatic carbocycles. The summed E-state index contributed by atoms with van der Waals surface area (Å²) in [7, 11) is 0. The van der Waals surface area contributed by atoms with Gasteiger partial charge in [0.15, 0.2) is 0 Å². The van der Waals surface area contributed by atoms with E-state index in [0.29, 0.717) is 17.0 Å². The Hall–Kier alpha value is -0.870. The van der Waals surface area contributed by atoms with E-state index >= 15 is 0 Å². The van der Waals surface area contributed by atoms with Gasteiger partial charge in [0.2, 0.25) is 0 Å². The molecule has 1 aromatic rings. The lowest BCUT2D eigenvalue weighted by atomic mass is 10.0. The maximum atomic E-state index is 5.84. The van der Waals surface area contributed by atoms with Gasteiger partial charge in [0.25, 0.3) is 0 Å². The molecule has 0 amide bonds. The zero-order valence-corrected chi connectivity index (χ0v) is 9.02. The van der Waals surface area contributed by atoms with E-state index in [1.165, 1.54) is 6.33 Å². The van der Waals surface area contributed by atoms with Crippen LogP contribution in [0.2, 0.25) is 5.15 Å². The van der Waals surface area contributed by atoms with Gasteiger partial charge in [0.1, 0.15) is 17.3 Å². The van der Waals surface area contributed by atoms with E-state index in [0.717, 1.165) is 32.1 Å². The first kappa shape index (κ1) is 9.36. The average molecular weight is 226 g/mol. The van der Waals surface area contributed by atoms with Crippen molar-refractivity contribution in [2.24, 2.45) is 11.8 Å². The Kier molecular flexibility index (Phi) is 2.25. The Balaban J connectivity index is 1.79. The largest absolute Gasteiger partial charge is 0.381 e. The highest BCUT2D eigenvalue weighted by Gasteiger charge is 2.37. The first-order chi connectivity index (χ1) is 7.33. The third kappa shape index (κ3) is 1.68. The summed E-state index contributed by atoms with van der Waals surface area (Å²) >= 11 is 5.84. The van der Waals surface area contributed by atoms with Crippen LogP contribution >= 0.6 is 11.6 Å². The number of aromatic nitrogens is 2. The van der Waals surface area contributed by atoms with Gasteiger partial charge in [0.05, 0.1) is 13.2 Å². The Morgan fingerprint density at radius 3 is 2.67 bits per heavy atom. The summed E-state index contributed by atoms with van der Waals surface area (Å²) in [5, 5.41) is 0.508. The lowest BCUT2D eigenvalue weighted by molar-refractivity contribution is 0.177. The van der Waals surface area contributed by atoms with Crippen molar-refractivity contribution in [1.29, 1.82) is 0 Å². The van der Waals surface area contributed by atoms with E-state index in [-0.39, 0.29) is 0 Å². The molecule has 0 spiro atoms. The van der Waals surface area contributed by atoms with Crippen LogP contribution in [-0.4, -0.2) is 36.3 Å². The van der Waals surface area contributed by atoms with Crippen molar-refractivity contribution >= 4 is 17.4 Å². The number of halogens is 1. The third-order valence-corrected chi connectivity index (χ3v) is 3.39. The number of rotatable bonds is 1. The zero-order chi connectivity index (χ0) is 10.3. The summed E-state index contributed by atoms with van der Waals surface area (Å²) in [5.74, 6) is 2.27. The Morgan fingerprint density at radius 1 is 1.27 bits per heavy atom. The van der Waals surface area contributed by atoms with Gasteiger partial charge in [-0.25, -0.2) is 9.97 Å². The first-order valence-corrected chi connectivity index (χ1v) is 5.51. The van der Waals surface area contributed by atoms with Crippen molar-refractivity contribution in [3.05, 3.63) is 17.5 Å². The predicted molar refractivity (Wildman–Crippen MR) is 57.1 cm³/mol. The second-order valence-electron chi connectivity index (χ2n) is 4.16. The van der Waals surface area contributed by atoms with Crippen molar-refractivity contribution in [2.75, 3.05) is 31.2 Å². The van der Waals surface area contributed by atoms with Crippen LogP contribution in [0, 0.1) is 11.8 Å². The molecule has 0 N–H and O–H groups in total. The maximum absolute atomic E-state index is 5.84. The van der Waals surface area contributed by atoms with Crippen molar-refractivity contribution in [3.8, 4) is 0 Å². The highest BCUT2D eigenvalue weighted by molar-refractivity contribution is 6.29. The van der Waals surface area contributed by atoms with E-state index in [2.05, 4.69) is 14.9 Å². The van der Waals surface area contributed by atoms with E-state index < -0.39 is 0 Å². The number of hydrogen-bond donors (Lipinski definition) is 0. The van der Waals surface area contributed by atoms with Crippen molar-refractivity contribution in [2.45, 2.75) is 0 Å². The number of ether oxygens (including phenoxy) is 1. The van der Waals surface area contributed by atoms with Crippen LogP contribution in [0.15, 0.2) is 12.4 Å². The minimum absolute atomic E-state index is 0.508. The summed E-state index contributed by atoms with van der Waals surface area (Å²) < 4.78 is 5.43. The summed E-state index contributed by atoms with van der Waals surface area (Å²) in [6, 6.07) is 1.82. The van der Waals surface area contributed by atoms with Gasteiger partial charge in [-0.1, -0.05) is 11.6 Å². The van der Waals surface area contributed by atoms with Gasteiger partial charge < -0.3 is 9.64 Å². The maximum Gasteiger partial charge on any atom is 0.134 e. The molecule has 0 radical (unpaired) electrons. The molecule has 3 heterocycles. The fourth-order valence-corrected chi connectivity index (χ4v) is 2.51. The monoisotopic (exact) mass is 225 g/mol. The molecule has 0 bridgehead atoms. The molecule has 15 heavy (non-hydrogen) atoms. The van der Waals surface area contributed by atoms with Crippen molar-refractivity contribution in [3.63, 3.8) is 0 Å². The van der Waals surface area contributed by atoms with Crippen LogP contribution in [-0.2, 0) is 4.74 Å². The molecule has 2 atom stereocenters. The van der Waals surface area contributed by atoms with Crippen LogP contribution in [0.5, 0.6) is 0 Å². The average Bonchev–Trinajstić information content (AvgIpc) is 2.76. The predicted octanol–water partition coefficient (Wildman–Crippen LogP) is 1.21. The van der Waals surface area contributed by atoms with E-state index in [1.807, 2.05) is 6.07 Å². The van der Waals surface area contributed by atoms with Crippen molar-refractivity contribution < 1.29 is 4.74 Å². The molecule has 3 rings (SSSR count). The first-order valence-electron chi connectivity index (χ1n) is 5.13. The lowest BCUT2D eigenvalue weighted by Crippen LogP contribution is -2.23. The molecule has 1 aromatic heterocycles. The molecular formula is C10H12ClN3O. The summed E-state index contributed by atoms with van der Waals surface area (Å²) in [4.78, 5) is 10.4. The zero-order valence-electron chi connectivity index (χ0n) is 8.27. The standard InChI is InChI=1S/C10H12ClN3O/c11-9-1-10(13-6-12-9)14-2-7-4-15-5-8(7)3-14/h1,6-8H,2-5H2/t7-,8-/m0/s1. The molecule has 0 unspecified atom stereocenters. The van der Waals surface area contributed by atoms with Gasteiger partial charge in [-0.2, -0.15) is 0 Å². The van der Waals surface area contributed by atoms with Crippen LogP contribution in [0.25, 0.3) is 0 Å². The molecule has 5 heteroatoms. The highest BCUT2D eigenvalue weighted by Crippen LogP contribution is 2.31. The molecule has 80 valence electrons. The van der Waals surface area contributed by atoms with Crippen molar-refractivity contribution in [1.82, 2.24) is 9.97 Å². The normalized spacial score (nSPS) is 29.5. The Labute approximate surface area is 93.2 Å². The third-order valence-electron chi connectivity index (χ3n) is 3.18. The van der Waals surface area contributed by atoms with E-state index in [9.17, 15) is 0 Å². The van der Waals surface area contributed by atoms with E-state index in [1.54, 1.807) is 0 Å². The fourth-order valence-electron chi connectivity index (χ4n) is 2.37. The topological polar surface area (TPSA) is 38.2 Å². The highest BCUT2D eigenvalue weighted by atomic mass is 35.5. The summed E-state index contributed by atoms with van der Waals surface area (Å²) in [6.45, 7) is 3.83. The number of anilines is 1. The fraction of sp³-hybridized carbons (Fsp3) is 0.600. The van der Waals surface area contributed by atoms with Gasteiger partial charge in [0, 0.05) is 31.0 Å². The molecule has 0 saturated carbocycles. The molecular weight excluding hydrogens is 214 g/mol. The Bertz CT molecular complexity index is 361. The smallest absolute Gasteiger partial charge is 0.134 e. The van der Waals surface area contributed by atoms with Crippen LogP contribution in [0.1, 0.15) is 0 Å². The van der Waals surface area contributed by atoms with Crippen LogP contribution in [0.4, 0.5) is 5.82 Å². The second-order valence-corrected chi connectivity index (χ2v) is 4.55. The SMILES string of the molecule is Clc1cc(N2C[C@H]3COC[C@@H]3C2)ncn1. The van der Waals surface area contributed by atoms with E-state index in [4.69, 9.17) is 16.3 Å². The molecule has 0 aliphatic carbocycles. The van der Waals surface area contributed by atoms with Gasteiger partial charge in [-0.3, -0.25) is 0 Å². The molecule has 4 nitrogen and oxygen atoms in total. The molecule has 2 aliphatic rings. The number of hydrogen-bond acceptors (Lipinski definition) is 4. The minimum atomic E-state index is 0.508. The molecule has 2 saturated heterocycles. The van der Waals surface area contributed by atoms with Gasteiger partial charge >= 0.3 is 0 Å². The number of nitrogens with zero attached hydrogens (tertiary/aromatic N) is 3. The number of fused-ring (bicyclic) bond motifs is 1. The van der Waals surface area contributed by atoms with Crippen LogP contribution < -0.4 is 4.90 Å². The summed E-state index contributed by atoms with van der Waals surface area (Å²) in [5.41, 5.74) is 0. The summed E-state index contributed by atoms with van der Waals surface area (Å²) in [6.07, 6.45) is 1.52. The minimum Gasteiger partial charge on any atom is -0.381 e. The lowest BCUT2D eigenvalue weighted by Gasteiger charge is -2.17. The molecule has 2 aliphatic heterocycles. The Morgan fingerprint density at radius 2 is 2.00 bits per heavy atom. The van der Waals surface area contributed by atoms with Gasteiger partial charge in [-0.05, 0) is 0 Å². The quantitative estimate of drug-likeness (QED) is 0.674. The van der Waals surface area contributed by atoms with Crippen LogP contribution in [0.3, 0.4) is 0 Å². The van der Waals surface area contributed by atoms with Gasteiger partial charge in [-0.15, -0.1) is 0 Å².